The van der Waals surface area contributed by atoms with Crippen molar-refractivity contribution in [2.75, 3.05) is 7.11 Å². The van der Waals surface area contributed by atoms with Crippen LogP contribution in [0.2, 0.25) is 0 Å². The Balaban J connectivity index is 2.46. The SMILES string of the molecule is COc1cc(C)cc(C)c1C1(N)CCC(C)C(C)C1. The molecule has 106 valence electrons. The summed E-state index contributed by atoms with van der Waals surface area (Å²) in [6.45, 7) is 8.92. The molecule has 0 aromatic heterocycles. The molecule has 0 radical (unpaired) electrons. The average Bonchev–Trinajstić information content (AvgIpc) is 2.33. The lowest BCUT2D eigenvalue weighted by molar-refractivity contribution is 0.173. The Kier molecular flexibility index (Phi) is 3.91. The second-order valence-corrected chi connectivity index (χ2v) is 6.51. The molecule has 0 saturated heterocycles. The minimum absolute atomic E-state index is 0.227. The quantitative estimate of drug-likeness (QED) is 0.875. The van der Waals surface area contributed by atoms with Crippen molar-refractivity contribution < 1.29 is 4.74 Å². The number of hydrogen-bond donors (Lipinski definition) is 1. The molecule has 1 fully saturated rings. The van der Waals surface area contributed by atoms with Crippen molar-refractivity contribution >= 4 is 0 Å². The van der Waals surface area contributed by atoms with E-state index in [2.05, 4.69) is 39.8 Å². The molecule has 1 aliphatic rings. The maximum Gasteiger partial charge on any atom is 0.124 e. The smallest absolute Gasteiger partial charge is 0.124 e. The minimum atomic E-state index is -0.227. The van der Waals surface area contributed by atoms with Crippen LogP contribution in [0.4, 0.5) is 0 Å². The lowest BCUT2D eigenvalue weighted by Crippen LogP contribution is -2.44. The van der Waals surface area contributed by atoms with Crippen LogP contribution in [-0.4, -0.2) is 7.11 Å². The first-order chi connectivity index (χ1) is 8.87. The van der Waals surface area contributed by atoms with Crippen molar-refractivity contribution in [2.45, 2.75) is 52.5 Å². The van der Waals surface area contributed by atoms with Crippen LogP contribution in [-0.2, 0) is 5.54 Å². The van der Waals surface area contributed by atoms with E-state index in [-0.39, 0.29) is 5.54 Å². The highest BCUT2D eigenvalue weighted by atomic mass is 16.5. The summed E-state index contributed by atoms with van der Waals surface area (Å²) in [6.07, 6.45) is 3.31. The zero-order valence-corrected chi connectivity index (χ0v) is 12.9. The summed E-state index contributed by atoms with van der Waals surface area (Å²) in [4.78, 5) is 0. The van der Waals surface area contributed by atoms with Crippen LogP contribution in [0.3, 0.4) is 0 Å². The number of rotatable bonds is 2. The van der Waals surface area contributed by atoms with E-state index in [9.17, 15) is 0 Å². The Morgan fingerprint density at radius 2 is 1.89 bits per heavy atom. The molecule has 2 rings (SSSR count). The van der Waals surface area contributed by atoms with E-state index in [1.807, 2.05) is 0 Å². The van der Waals surface area contributed by atoms with Crippen LogP contribution >= 0.6 is 0 Å². The molecule has 1 saturated carbocycles. The molecule has 1 aromatic carbocycles. The Morgan fingerprint density at radius 3 is 2.47 bits per heavy atom. The van der Waals surface area contributed by atoms with Gasteiger partial charge in [-0.1, -0.05) is 19.9 Å². The molecule has 2 heteroatoms. The van der Waals surface area contributed by atoms with E-state index in [0.29, 0.717) is 5.92 Å². The minimum Gasteiger partial charge on any atom is -0.496 e. The summed E-state index contributed by atoms with van der Waals surface area (Å²) < 4.78 is 5.61. The first-order valence-electron chi connectivity index (χ1n) is 7.32. The highest BCUT2D eigenvalue weighted by Gasteiger charge is 2.38. The molecule has 0 heterocycles. The predicted octanol–water partition coefficient (Wildman–Crippen LogP) is 3.92. The molecule has 2 nitrogen and oxygen atoms in total. The summed E-state index contributed by atoms with van der Waals surface area (Å²) in [5.74, 6) is 2.40. The van der Waals surface area contributed by atoms with Gasteiger partial charge in [-0.15, -0.1) is 0 Å². The summed E-state index contributed by atoms with van der Waals surface area (Å²) in [5, 5.41) is 0. The fourth-order valence-electron chi connectivity index (χ4n) is 3.60. The third kappa shape index (κ3) is 2.64. The Bertz CT molecular complexity index is 469. The highest BCUT2D eigenvalue weighted by molar-refractivity contribution is 5.47. The highest BCUT2D eigenvalue weighted by Crippen LogP contribution is 2.45. The van der Waals surface area contributed by atoms with Gasteiger partial charge in [0.2, 0.25) is 0 Å². The molecule has 0 amide bonds. The lowest BCUT2D eigenvalue weighted by Gasteiger charge is -2.42. The third-order valence-electron chi connectivity index (χ3n) is 4.86. The predicted molar refractivity (Wildman–Crippen MR) is 80.5 cm³/mol. The molecular formula is C17H27NO. The van der Waals surface area contributed by atoms with Crippen LogP contribution in [0.15, 0.2) is 12.1 Å². The molecule has 19 heavy (non-hydrogen) atoms. The van der Waals surface area contributed by atoms with Gasteiger partial charge in [-0.05, 0) is 62.1 Å². The second kappa shape index (κ2) is 5.16. The lowest BCUT2D eigenvalue weighted by atomic mass is 9.68. The normalized spacial score (nSPS) is 31.3. The number of nitrogens with two attached hydrogens (primary N) is 1. The summed E-state index contributed by atoms with van der Waals surface area (Å²) in [5.41, 5.74) is 10.3. The second-order valence-electron chi connectivity index (χ2n) is 6.51. The number of ether oxygens (including phenoxy) is 1. The number of benzene rings is 1. The molecule has 0 bridgehead atoms. The summed E-state index contributed by atoms with van der Waals surface area (Å²) in [6, 6.07) is 4.33. The monoisotopic (exact) mass is 261 g/mol. The fourth-order valence-corrected chi connectivity index (χ4v) is 3.60. The van der Waals surface area contributed by atoms with E-state index in [1.54, 1.807) is 7.11 Å². The van der Waals surface area contributed by atoms with E-state index in [1.165, 1.54) is 23.1 Å². The van der Waals surface area contributed by atoms with Gasteiger partial charge in [-0.2, -0.15) is 0 Å². The molecule has 1 aromatic rings. The molecular weight excluding hydrogens is 234 g/mol. The number of hydrogen-bond acceptors (Lipinski definition) is 2. The van der Waals surface area contributed by atoms with Gasteiger partial charge in [0.1, 0.15) is 5.75 Å². The summed E-state index contributed by atoms with van der Waals surface area (Å²) in [7, 11) is 1.75. The van der Waals surface area contributed by atoms with Crippen LogP contribution < -0.4 is 10.5 Å². The fraction of sp³-hybridized carbons (Fsp3) is 0.647. The van der Waals surface area contributed by atoms with Gasteiger partial charge in [-0.3, -0.25) is 0 Å². The standard InChI is InChI=1S/C17H27NO/c1-11-8-13(3)16(15(9-11)19-5)17(18)7-6-12(2)14(4)10-17/h8-9,12,14H,6-7,10,18H2,1-5H3. The van der Waals surface area contributed by atoms with Crippen molar-refractivity contribution in [3.63, 3.8) is 0 Å². The van der Waals surface area contributed by atoms with Gasteiger partial charge in [0.05, 0.1) is 7.11 Å². The first-order valence-corrected chi connectivity index (χ1v) is 7.32. The van der Waals surface area contributed by atoms with Crippen LogP contribution in [0.25, 0.3) is 0 Å². The van der Waals surface area contributed by atoms with Gasteiger partial charge < -0.3 is 10.5 Å². The molecule has 0 spiro atoms. The van der Waals surface area contributed by atoms with Crippen molar-refractivity contribution in [3.8, 4) is 5.75 Å². The molecule has 1 aliphatic carbocycles. The Morgan fingerprint density at radius 1 is 1.21 bits per heavy atom. The van der Waals surface area contributed by atoms with Crippen molar-refractivity contribution in [1.82, 2.24) is 0 Å². The van der Waals surface area contributed by atoms with E-state index in [4.69, 9.17) is 10.5 Å². The van der Waals surface area contributed by atoms with Gasteiger partial charge in [0.25, 0.3) is 0 Å². The van der Waals surface area contributed by atoms with Crippen molar-refractivity contribution in [1.29, 1.82) is 0 Å². The largest absolute Gasteiger partial charge is 0.496 e. The van der Waals surface area contributed by atoms with Crippen molar-refractivity contribution in [2.24, 2.45) is 17.6 Å². The average molecular weight is 261 g/mol. The van der Waals surface area contributed by atoms with E-state index in [0.717, 1.165) is 24.5 Å². The topological polar surface area (TPSA) is 35.2 Å². The first kappa shape index (κ1) is 14.4. The van der Waals surface area contributed by atoms with Gasteiger partial charge >= 0.3 is 0 Å². The van der Waals surface area contributed by atoms with Gasteiger partial charge in [0.15, 0.2) is 0 Å². The van der Waals surface area contributed by atoms with Gasteiger partial charge in [0, 0.05) is 11.1 Å². The van der Waals surface area contributed by atoms with Crippen LogP contribution in [0, 0.1) is 25.7 Å². The maximum absolute atomic E-state index is 6.78. The molecule has 3 atom stereocenters. The Labute approximate surface area is 117 Å². The van der Waals surface area contributed by atoms with Crippen LogP contribution in [0.5, 0.6) is 5.75 Å². The third-order valence-corrected chi connectivity index (χ3v) is 4.86. The van der Waals surface area contributed by atoms with E-state index >= 15 is 0 Å². The zero-order chi connectivity index (χ0) is 14.2. The number of methoxy groups -OCH3 is 1. The molecule has 3 unspecified atom stereocenters. The number of aryl methyl sites for hydroxylation is 2. The van der Waals surface area contributed by atoms with Gasteiger partial charge in [-0.25, -0.2) is 0 Å². The molecule has 0 aliphatic heterocycles. The maximum atomic E-state index is 6.78. The molecule has 2 N–H and O–H groups in total. The summed E-state index contributed by atoms with van der Waals surface area (Å²) >= 11 is 0. The Hall–Kier alpha value is -1.02. The zero-order valence-electron chi connectivity index (χ0n) is 12.9. The van der Waals surface area contributed by atoms with E-state index < -0.39 is 0 Å². The van der Waals surface area contributed by atoms with Crippen molar-refractivity contribution in [3.05, 3.63) is 28.8 Å². The van der Waals surface area contributed by atoms with Crippen LogP contribution in [0.1, 0.15) is 49.8 Å².